The van der Waals surface area contributed by atoms with Crippen LogP contribution in [-0.2, 0) is 16.1 Å². The van der Waals surface area contributed by atoms with E-state index in [1.807, 2.05) is 47.0 Å². The van der Waals surface area contributed by atoms with E-state index >= 15 is 0 Å². The Hall–Kier alpha value is -2.22. The van der Waals surface area contributed by atoms with Gasteiger partial charge in [0.05, 0.1) is 25.1 Å². The Bertz CT molecular complexity index is 931. The van der Waals surface area contributed by atoms with Gasteiger partial charge in [0.25, 0.3) is 0 Å². The highest BCUT2D eigenvalue weighted by Gasteiger charge is 2.16. The summed E-state index contributed by atoms with van der Waals surface area (Å²) in [4.78, 5) is 11.5. The molecule has 6 nitrogen and oxygen atoms in total. The van der Waals surface area contributed by atoms with Gasteiger partial charge in [-0.25, -0.2) is 0 Å². The third kappa shape index (κ3) is 5.15. The highest BCUT2D eigenvalue weighted by molar-refractivity contribution is 7.99. The van der Waals surface area contributed by atoms with Crippen molar-refractivity contribution in [1.82, 2.24) is 14.8 Å². The summed E-state index contributed by atoms with van der Waals surface area (Å²) in [6, 6.07) is 14.8. The molecule has 1 aromatic heterocycles. The standard InChI is InChI=1S/C18H16Cl2N4O2S/c1-26-17(25)11-27-18-23-22-16(10-21-14-7-5-12(19)6-8-14)24(18)15-4-2-3-13(20)9-15/h2-9,21H,10-11H2,1H3. The molecule has 1 N–H and O–H groups in total. The first-order valence-electron chi connectivity index (χ1n) is 7.96. The number of carbonyl (C=O) groups is 1. The van der Waals surface area contributed by atoms with Crippen LogP contribution in [0.3, 0.4) is 0 Å². The van der Waals surface area contributed by atoms with Gasteiger partial charge in [-0.2, -0.15) is 0 Å². The van der Waals surface area contributed by atoms with Gasteiger partial charge in [-0.05, 0) is 42.5 Å². The summed E-state index contributed by atoms with van der Waals surface area (Å²) in [5.74, 6) is 0.487. The van der Waals surface area contributed by atoms with Crippen molar-refractivity contribution in [3.05, 3.63) is 64.4 Å². The Kier molecular flexibility index (Phi) is 6.60. The predicted molar refractivity (Wildman–Crippen MR) is 108 cm³/mol. The van der Waals surface area contributed by atoms with Gasteiger partial charge in [-0.3, -0.25) is 9.36 Å². The minimum Gasteiger partial charge on any atom is -0.468 e. The third-order valence-electron chi connectivity index (χ3n) is 3.61. The molecule has 0 spiro atoms. The van der Waals surface area contributed by atoms with E-state index in [9.17, 15) is 4.79 Å². The SMILES string of the molecule is COC(=O)CSc1nnc(CNc2ccc(Cl)cc2)n1-c1cccc(Cl)c1. The van der Waals surface area contributed by atoms with Gasteiger partial charge in [0.15, 0.2) is 11.0 Å². The number of nitrogens with zero attached hydrogens (tertiary/aromatic N) is 3. The quantitative estimate of drug-likeness (QED) is 0.447. The molecule has 1 heterocycles. The van der Waals surface area contributed by atoms with Gasteiger partial charge in [0.2, 0.25) is 0 Å². The van der Waals surface area contributed by atoms with Gasteiger partial charge >= 0.3 is 5.97 Å². The lowest BCUT2D eigenvalue weighted by Gasteiger charge is -2.11. The number of ether oxygens (including phenoxy) is 1. The molecule has 27 heavy (non-hydrogen) atoms. The van der Waals surface area contributed by atoms with Gasteiger partial charge in [0, 0.05) is 15.7 Å². The van der Waals surface area contributed by atoms with Crippen LogP contribution in [0.15, 0.2) is 53.7 Å². The number of methoxy groups -OCH3 is 1. The van der Waals surface area contributed by atoms with Crippen molar-refractivity contribution >= 4 is 46.6 Å². The fraction of sp³-hybridized carbons (Fsp3) is 0.167. The summed E-state index contributed by atoms with van der Waals surface area (Å²) in [6.07, 6.45) is 0. The molecule has 0 bridgehead atoms. The van der Waals surface area contributed by atoms with E-state index in [1.54, 1.807) is 6.07 Å². The molecular formula is C18H16Cl2N4O2S. The van der Waals surface area contributed by atoms with Crippen molar-refractivity contribution in [1.29, 1.82) is 0 Å². The number of benzene rings is 2. The number of hydrogen-bond acceptors (Lipinski definition) is 6. The van der Waals surface area contributed by atoms with E-state index in [-0.39, 0.29) is 11.7 Å². The first kappa shape index (κ1) is 19.5. The Morgan fingerprint density at radius 1 is 1.15 bits per heavy atom. The van der Waals surface area contributed by atoms with E-state index < -0.39 is 0 Å². The molecule has 3 rings (SSSR count). The van der Waals surface area contributed by atoms with E-state index in [0.29, 0.717) is 27.6 Å². The second kappa shape index (κ2) is 9.12. The van der Waals surface area contributed by atoms with Crippen LogP contribution in [0, 0.1) is 0 Å². The van der Waals surface area contributed by atoms with E-state index in [0.717, 1.165) is 11.4 Å². The maximum atomic E-state index is 11.5. The molecule has 0 atom stereocenters. The normalized spacial score (nSPS) is 10.6. The Morgan fingerprint density at radius 2 is 1.93 bits per heavy atom. The van der Waals surface area contributed by atoms with E-state index in [2.05, 4.69) is 15.5 Å². The number of anilines is 1. The number of nitrogens with one attached hydrogen (secondary N) is 1. The van der Waals surface area contributed by atoms with Gasteiger partial charge < -0.3 is 10.1 Å². The van der Waals surface area contributed by atoms with Crippen LogP contribution in [0.2, 0.25) is 10.0 Å². The second-order valence-corrected chi connectivity index (χ2v) is 7.25. The van der Waals surface area contributed by atoms with Crippen LogP contribution in [-0.4, -0.2) is 33.6 Å². The molecule has 3 aromatic rings. The molecule has 0 radical (unpaired) electrons. The molecule has 2 aromatic carbocycles. The molecule has 0 aliphatic rings. The Morgan fingerprint density at radius 3 is 2.63 bits per heavy atom. The summed E-state index contributed by atoms with van der Waals surface area (Å²) in [6.45, 7) is 0.430. The van der Waals surface area contributed by atoms with Crippen molar-refractivity contribution in [3.63, 3.8) is 0 Å². The van der Waals surface area contributed by atoms with E-state index in [4.69, 9.17) is 27.9 Å². The predicted octanol–water partition coefficient (Wildman–Crippen LogP) is 4.45. The van der Waals surface area contributed by atoms with Crippen LogP contribution in [0.5, 0.6) is 0 Å². The lowest BCUT2D eigenvalue weighted by molar-refractivity contribution is -0.137. The van der Waals surface area contributed by atoms with Crippen molar-refractivity contribution in [2.75, 3.05) is 18.2 Å². The summed E-state index contributed by atoms with van der Waals surface area (Å²) in [5.41, 5.74) is 1.72. The molecule has 0 aliphatic carbocycles. The Balaban J connectivity index is 1.87. The highest BCUT2D eigenvalue weighted by Crippen LogP contribution is 2.25. The molecule has 0 amide bonds. The summed E-state index contributed by atoms with van der Waals surface area (Å²) in [5, 5.41) is 13.6. The van der Waals surface area contributed by atoms with Crippen LogP contribution in [0.1, 0.15) is 5.82 Å². The fourth-order valence-corrected chi connectivity index (χ4v) is 3.43. The largest absolute Gasteiger partial charge is 0.468 e. The monoisotopic (exact) mass is 422 g/mol. The molecule has 9 heteroatoms. The molecule has 0 fully saturated rings. The summed E-state index contributed by atoms with van der Waals surface area (Å²) >= 11 is 13.3. The van der Waals surface area contributed by atoms with Gasteiger partial charge in [-0.15, -0.1) is 10.2 Å². The highest BCUT2D eigenvalue weighted by atomic mass is 35.5. The average molecular weight is 423 g/mol. The lowest BCUT2D eigenvalue weighted by atomic mass is 10.3. The first-order chi connectivity index (χ1) is 13.1. The molecule has 0 aliphatic heterocycles. The number of thioether (sulfide) groups is 1. The number of rotatable bonds is 7. The van der Waals surface area contributed by atoms with Crippen molar-refractivity contribution < 1.29 is 9.53 Å². The smallest absolute Gasteiger partial charge is 0.316 e. The van der Waals surface area contributed by atoms with Crippen LogP contribution in [0.25, 0.3) is 5.69 Å². The van der Waals surface area contributed by atoms with Gasteiger partial charge in [-0.1, -0.05) is 41.0 Å². The molecule has 0 saturated heterocycles. The number of hydrogen-bond donors (Lipinski definition) is 1. The fourth-order valence-electron chi connectivity index (χ4n) is 2.31. The summed E-state index contributed by atoms with van der Waals surface area (Å²) in [7, 11) is 1.35. The third-order valence-corrected chi connectivity index (χ3v) is 5.00. The number of halogens is 2. The van der Waals surface area contributed by atoms with Crippen molar-refractivity contribution in [2.45, 2.75) is 11.7 Å². The molecular weight excluding hydrogens is 407 g/mol. The van der Waals surface area contributed by atoms with Crippen LogP contribution in [0.4, 0.5) is 5.69 Å². The molecule has 0 saturated carbocycles. The number of carbonyl (C=O) groups excluding carboxylic acids is 1. The zero-order chi connectivity index (χ0) is 19.2. The van der Waals surface area contributed by atoms with Gasteiger partial charge in [0.1, 0.15) is 0 Å². The minimum atomic E-state index is -0.332. The molecule has 0 unspecified atom stereocenters. The van der Waals surface area contributed by atoms with Crippen molar-refractivity contribution in [3.8, 4) is 5.69 Å². The minimum absolute atomic E-state index is 0.139. The van der Waals surface area contributed by atoms with Crippen LogP contribution < -0.4 is 5.32 Å². The molecule has 140 valence electrons. The number of aromatic nitrogens is 3. The zero-order valence-corrected chi connectivity index (χ0v) is 16.7. The number of esters is 1. The van der Waals surface area contributed by atoms with E-state index in [1.165, 1.54) is 18.9 Å². The second-order valence-electron chi connectivity index (χ2n) is 5.44. The maximum absolute atomic E-state index is 11.5. The lowest BCUT2D eigenvalue weighted by Crippen LogP contribution is -2.09. The zero-order valence-electron chi connectivity index (χ0n) is 14.4. The average Bonchev–Trinajstić information content (AvgIpc) is 3.08. The maximum Gasteiger partial charge on any atom is 0.316 e. The summed E-state index contributed by atoms with van der Waals surface area (Å²) < 4.78 is 6.56. The van der Waals surface area contributed by atoms with Crippen molar-refractivity contribution in [2.24, 2.45) is 0 Å². The topological polar surface area (TPSA) is 69.0 Å². The van der Waals surface area contributed by atoms with Crippen LogP contribution >= 0.6 is 35.0 Å². The Labute approximate surface area is 170 Å². The first-order valence-corrected chi connectivity index (χ1v) is 9.70.